The number of nitro benzene ring substituents is 1. The van der Waals surface area contributed by atoms with Crippen molar-refractivity contribution in [2.75, 3.05) is 4.90 Å². The highest BCUT2D eigenvalue weighted by Crippen LogP contribution is 2.55. The van der Waals surface area contributed by atoms with Gasteiger partial charge in [0.25, 0.3) is 5.69 Å². The molecule has 0 spiro atoms. The Bertz CT molecular complexity index is 1180. The summed E-state index contributed by atoms with van der Waals surface area (Å²) in [4.78, 5) is 43.9. The van der Waals surface area contributed by atoms with Crippen LogP contribution in [0.4, 0.5) is 11.4 Å². The smallest absolute Gasteiger partial charge is 0.270 e. The first-order valence-electron chi connectivity index (χ1n) is 9.73. The second-order valence-corrected chi connectivity index (χ2v) is 8.42. The molecule has 2 aromatic rings. The van der Waals surface area contributed by atoms with Crippen molar-refractivity contribution in [3.8, 4) is 0 Å². The van der Waals surface area contributed by atoms with Crippen molar-refractivity contribution in [2.45, 2.75) is 18.3 Å². The van der Waals surface area contributed by atoms with Crippen molar-refractivity contribution in [3.63, 3.8) is 0 Å². The number of amides is 2. The molecular weight excluding hydrogens is 426 g/mol. The van der Waals surface area contributed by atoms with Gasteiger partial charge < -0.3 is 9.57 Å². The number of imide groups is 1. The summed E-state index contributed by atoms with van der Waals surface area (Å²) in [6.07, 6.45) is -1.70. The number of rotatable bonds is 3. The Morgan fingerprint density at radius 2 is 1.68 bits per heavy atom. The van der Waals surface area contributed by atoms with E-state index in [4.69, 9.17) is 21.2 Å². The Kier molecular flexibility index (Phi) is 3.78. The van der Waals surface area contributed by atoms with Gasteiger partial charge in [0.05, 0.1) is 40.2 Å². The minimum absolute atomic E-state index is 0.0633. The van der Waals surface area contributed by atoms with Gasteiger partial charge in [-0.15, -0.1) is 0 Å². The zero-order valence-electron chi connectivity index (χ0n) is 15.8. The number of nitro groups is 1. The topological polar surface area (TPSA) is 111 Å². The Balaban J connectivity index is 1.34. The minimum atomic E-state index is -0.653. The highest BCUT2D eigenvalue weighted by Gasteiger charge is 2.72. The van der Waals surface area contributed by atoms with Gasteiger partial charge in [0.2, 0.25) is 11.8 Å². The molecule has 6 atom stereocenters. The highest BCUT2D eigenvalue weighted by atomic mass is 35.5. The number of non-ortho nitro benzene ring substituents is 1. The van der Waals surface area contributed by atoms with E-state index in [1.54, 1.807) is 36.4 Å². The summed E-state index contributed by atoms with van der Waals surface area (Å²) < 4.78 is 6.05. The molecule has 4 aliphatic heterocycles. The molecule has 3 saturated heterocycles. The molecule has 3 fully saturated rings. The van der Waals surface area contributed by atoms with E-state index < -0.39 is 35.1 Å². The van der Waals surface area contributed by atoms with Gasteiger partial charge in [-0.3, -0.25) is 19.7 Å². The predicted molar refractivity (Wildman–Crippen MR) is 108 cm³/mol. The molecule has 31 heavy (non-hydrogen) atoms. The van der Waals surface area contributed by atoms with Gasteiger partial charge in [0.1, 0.15) is 6.10 Å². The number of anilines is 1. The lowest BCUT2D eigenvalue weighted by Gasteiger charge is -2.26. The van der Waals surface area contributed by atoms with E-state index in [0.29, 0.717) is 22.0 Å². The molecule has 9 nitrogen and oxygen atoms in total. The van der Waals surface area contributed by atoms with Gasteiger partial charge in [-0.25, -0.2) is 4.90 Å². The molecule has 0 aliphatic carbocycles. The first kappa shape index (κ1) is 18.5. The molecule has 4 aliphatic rings. The van der Waals surface area contributed by atoms with Crippen LogP contribution in [-0.2, 0) is 19.2 Å². The maximum absolute atomic E-state index is 13.3. The fraction of sp³-hybridized carbons (Fsp3) is 0.286. The second kappa shape index (κ2) is 6.35. The van der Waals surface area contributed by atoms with Crippen molar-refractivity contribution < 1.29 is 24.1 Å². The number of hydrogen-bond acceptors (Lipinski definition) is 7. The summed E-state index contributed by atoms with van der Waals surface area (Å²) in [5, 5.41) is 15.8. The van der Waals surface area contributed by atoms with Crippen LogP contribution >= 0.6 is 11.6 Å². The Labute approximate surface area is 180 Å². The summed E-state index contributed by atoms with van der Waals surface area (Å²) in [5.74, 6) is -2.33. The lowest BCUT2D eigenvalue weighted by molar-refractivity contribution is -0.384. The number of fused-ring (bicyclic) bond motifs is 8. The number of hydrogen-bond donors (Lipinski definition) is 0. The summed E-state index contributed by atoms with van der Waals surface area (Å²) in [6, 6.07) is 12.6. The summed E-state index contributed by atoms with van der Waals surface area (Å²) >= 11 is 5.93. The SMILES string of the molecule is O=C1[C@@H]2[C@@H]3O[C@@H]([C@H]4C(c5cccc([N+](=O)[O-])c5)=NO[C@@H]34)[C@@H]2C(=O)N1c1ccc(Cl)cc1. The van der Waals surface area contributed by atoms with E-state index in [2.05, 4.69) is 5.16 Å². The van der Waals surface area contributed by atoms with Gasteiger partial charge in [-0.2, -0.15) is 0 Å². The molecule has 4 heterocycles. The van der Waals surface area contributed by atoms with Gasteiger partial charge in [0, 0.05) is 22.7 Å². The zero-order chi connectivity index (χ0) is 21.4. The average molecular weight is 440 g/mol. The summed E-state index contributed by atoms with van der Waals surface area (Å²) in [7, 11) is 0. The van der Waals surface area contributed by atoms with E-state index >= 15 is 0 Å². The molecule has 2 bridgehead atoms. The van der Waals surface area contributed by atoms with Crippen molar-refractivity contribution in [1.29, 1.82) is 0 Å². The first-order valence-corrected chi connectivity index (χ1v) is 10.1. The quantitative estimate of drug-likeness (QED) is 0.413. The number of ether oxygens (including phenoxy) is 1. The molecule has 6 rings (SSSR count). The fourth-order valence-corrected chi connectivity index (χ4v) is 5.35. The molecule has 10 heteroatoms. The number of halogens is 1. The monoisotopic (exact) mass is 439 g/mol. The van der Waals surface area contributed by atoms with Crippen LogP contribution in [0.1, 0.15) is 5.56 Å². The fourth-order valence-electron chi connectivity index (χ4n) is 5.22. The van der Waals surface area contributed by atoms with Crippen LogP contribution in [0.3, 0.4) is 0 Å². The van der Waals surface area contributed by atoms with Crippen molar-refractivity contribution in [3.05, 3.63) is 69.2 Å². The molecule has 0 N–H and O–H groups in total. The predicted octanol–water partition coefficient (Wildman–Crippen LogP) is 2.55. The normalized spacial score (nSPS) is 32.7. The van der Waals surface area contributed by atoms with Crippen molar-refractivity contribution in [1.82, 2.24) is 0 Å². The van der Waals surface area contributed by atoms with E-state index in [-0.39, 0.29) is 23.4 Å². The van der Waals surface area contributed by atoms with Crippen LogP contribution < -0.4 is 4.90 Å². The van der Waals surface area contributed by atoms with Crippen LogP contribution in [0.5, 0.6) is 0 Å². The maximum atomic E-state index is 13.3. The molecule has 0 saturated carbocycles. The lowest BCUT2D eigenvalue weighted by Crippen LogP contribution is -2.45. The summed E-state index contributed by atoms with van der Waals surface area (Å²) in [5.41, 5.74) is 1.45. The first-order chi connectivity index (χ1) is 15.0. The largest absolute Gasteiger partial charge is 0.389 e. The third-order valence-corrected chi connectivity index (χ3v) is 6.73. The van der Waals surface area contributed by atoms with Gasteiger partial charge >= 0.3 is 0 Å². The number of oxime groups is 1. The van der Waals surface area contributed by atoms with Crippen LogP contribution in [-0.4, -0.2) is 40.8 Å². The van der Waals surface area contributed by atoms with Gasteiger partial charge in [-0.1, -0.05) is 28.9 Å². The highest BCUT2D eigenvalue weighted by molar-refractivity contribution is 6.31. The minimum Gasteiger partial charge on any atom is -0.389 e. The average Bonchev–Trinajstić information content (AvgIpc) is 3.49. The standard InChI is InChI=1S/C21H14ClN3O6/c22-10-4-6-11(7-5-10)24-20(26)13-14(21(24)27)18-19-15(17(13)30-18)16(23-31-19)9-2-1-3-12(8-9)25(28)29/h1-8,13-15,17-19H/t13-,14+,15-,17-,18+,19-/m1/s1. The Morgan fingerprint density at radius 3 is 2.39 bits per heavy atom. The zero-order valence-corrected chi connectivity index (χ0v) is 16.5. The molecule has 156 valence electrons. The second-order valence-electron chi connectivity index (χ2n) is 7.98. The number of nitrogens with zero attached hydrogens (tertiary/aromatic N) is 3. The third-order valence-electron chi connectivity index (χ3n) is 6.48. The maximum Gasteiger partial charge on any atom is 0.270 e. The molecular formula is C21H14ClN3O6. The molecule has 2 aromatic carbocycles. The van der Waals surface area contributed by atoms with Gasteiger partial charge in [0.15, 0.2) is 6.10 Å². The number of carbonyl (C=O) groups is 2. The molecule has 2 amide bonds. The van der Waals surface area contributed by atoms with Crippen LogP contribution in [0, 0.1) is 27.9 Å². The molecule has 0 unspecified atom stereocenters. The molecule has 0 radical (unpaired) electrons. The number of carbonyl (C=O) groups excluding carboxylic acids is 2. The Morgan fingerprint density at radius 1 is 0.968 bits per heavy atom. The molecule has 0 aromatic heterocycles. The number of benzene rings is 2. The van der Waals surface area contributed by atoms with E-state index in [9.17, 15) is 19.7 Å². The van der Waals surface area contributed by atoms with Gasteiger partial charge in [-0.05, 0) is 24.3 Å². The summed E-state index contributed by atoms with van der Waals surface area (Å²) in [6.45, 7) is 0. The Hall–Kier alpha value is -3.30. The van der Waals surface area contributed by atoms with Crippen LogP contribution in [0.2, 0.25) is 5.02 Å². The van der Waals surface area contributed by atoms with Crippen molar-refractivity contribution >= 4 is 40.5 Å². The van der Waals surface area contributed by atoms with Crippen molar-refractivity contribution in [2.24, 2.45) is 22.9 Å². The van der Waals surface area contributed by atoms with Crippen LogP contribution in [0.25, 0.3) is 0 Å². The van der Waals surface area contributed by atoms with E-state index in [0.717, 1.165) is 0 Å². The lowest BCUT2D eigenvalue weighted by atomic mass is 9.71. The van der Waals surface area contributed by atoms with Crippen LogP contribution in [0.15, 0.2) is 53.7 Å². The van der Waals surface area contributed by atoms with E-state index in [1.807, 2.05) is 0 Å². The van der Waals surface area contributed by atoms with E-state index in [1.165, 1.54) is 17.0 Å². The third kappa shape index (κ3) is 2.44.